The Balaban J connectivity index is 2.88. The van der Waals surface area contributed by atoms with E-state index in [0.29, 0.717) is 0 Å². The van der Waals surface area contributed by atoms with Crippen molar-refractivity contribution in [2.75, 3.05) is 0 Å². The molecule has 2 heteroatoms. The second-order valence-corrected chi connectivity index (χ2v) is 6.68. The van der Waals surface area contributed by atoms with E-state index in [1.165, 1.54) is 11.6 Å². The van der Waals surface area contributed by atoms with Crippen molar-refractivity contribution in [2.45, 2.75) is 53.6 Å². The molecule has 0 aromatic heterocycles. The van der Waals surface area contributed by atoms with Crippen LogP contribution in [0.15, 0.2) is 58.7 Å². The average Bonchev–Trinajstić information content (AvgIpc) is 2.43. The van der Waals surface area contributed by atoms with Crippen LogP contribution >= 0.6 is 0 Å². The molecule has 0 radical (unpaired) electrons. The number of allylic oxidation sites excluding steroid dienone is 9. The molecule has 1 aliphatic carbocycles. The van der Waals surface area contributed by atoms with E-state index in [9.17, 15) is 9.90 Å². The normalized spacial score (nSPS) is 23.6. The SMILES string of the molecule is CC1=C(/C=C/C(C)=C/C=C/C(C)=C/C=O)C(C)(C)CC[C@@H]1O. The van der Waals surface area contributed by atoms with Gasteiger partial charge in [0, 0.05) is 0 Å². The van der Waals surface area contributed by atoms with E-state index in [0.717, 1.165) is 35.8 Å². The number of carbonyl (C=O) groups is 1. The van der Waals surface area contributed by atoms with Crippen molar-refractivity contribution < 1.29 is 9.90 Å². The lowest BCUT2D eigenvalue weighted by molar-refractivity contribution is -0.104. The van der Waals surface area contributed by atoms with Crippen LogP contribution in [0.2, 0.25) is 0 Å². The molecule has 0 fully saturated rings. The molecule has 120 valence electrons. The van der Waals surface area contributed by atoms with E-state index in [4.69, 9.17) is 0 Å². The first kappa shape index (κ1) is 18.4. The number of hydrogen-bond acceptors (Lipinski definition) is 2. The molecule has 0 heterocycles. The van der Waals surface area contributed by atoms with E-state index < -0.39 is 0 Å². The highest BCUT2D eigenvalue weighted by atomic mass is 16.3. The molecule has 0 amide bonds. The van der Waals surface area contributed by atoms with Crippen LogP contribution in [0.25, 0.3) is 0 Å². The van der Waals surface area contributed by atoms with Gasteiger partial charge in [-0.1, -0.05) is 49.8 Å². The summed E-state index contributed by atoms with van der Waals surface area (Å²) in [4.78, 5) is 10.3. The summed E-state index contributed by atoms with van der Waals surface area (Å²) in [6.07, 6.45) is 13.9. The molecule has 0 aromatic rings. The van der Waals surface area contributed by atoms with Gasteiger partial charge in [0.25, 0.3) is 0 Å². The second kappa shape index (κ2) is 8.09. The molecular weight excluding hydrogens is 272 g/mol. The van der Waals surface area contributed by atoms with Gasteiger partial charge in [-0.3, -0.25) is 4.79 Å². The maximum atomic E-state index is 10.3. The zero-order valence-corrected chi connectivity index (χ0v) is 14.4. The summed E-state index contributed by atoms with van der Waals surface area (Å²) in [5.74, 6) is 0. The molecule has 1 rings (SSSR count). The maximum absolute atomic E-state index is 10.3. The third kappa shape index (κ3) is 5.27. The van der Waals surface area contributed by atoms with Gasteiger partial charge in [0.05, 0.1) is 6.10 Å². The van der Waals surface area contributed by atoms with Crippen LogP contribution in [0.1, 0.15) is 47.5 Å². The Bertz CT molecular complexity index is 554. The van der Waals surface area contributed by atoms with Crippen molar-refractivity contribution in [3.8, 4) is 0 Å². The van der Waals surface area contributed by atoms with Gasteiger partial charge in [0.15, 0.2) is 0 Å². The van der Waals surface area contributed by atoms with E-state index in [1.807, 2.05) is 39.0 Å². The van der Waals surface area contributed by atoms with Gasteiger partial charge in [0.1, 0.15) is 6.29 Å². The number of carbonyl (C=O) groups excluding carboxylic acids is 1. The first-order valence-electron chi connectivity index (χ1n) is 7.82. The first-order chi connectivity index (χ1) is 10.3. The lowest BCUT2D eigenvalue weighted by Gasteiger charge is -2.35. The average molecular weight is 300 g/mol. The van der Waals surface area contributed by atoms with Crippen LogP contribution in [0.5, 0.6) is 0 Å². The third-order valence-corrected chi connectivity index (χ3v) is 4.26. The summed E-state index contributed by atoms with van der Waals surface area (Å²) in [6.45, 7) is 10.4. The van der Waals surface area contributed by atoms with Gasteiger partial charge in [-0.25, -0.2) is 0 Å². The third-order valence-electron chi connectivity index (χ3n) is 4.26. The van der Waals surface area contributed by atoms with Crippen LogP contribution in [-0.4, -0.2) is 17.5 Å². The fourth-order valence-electron chi connectivity index (χ4n) is 2.70. The fraction of sp³-hybridized carbons (Fsp3) is 0.450. The standard InChI is InChI=1S/C20H28O2/c1-15(7-6-8-16(2)12-14-21)9-10-18-17(3)19(22)11-13-20(18,4)5/h6-10,12,14,19,22H,11,13H2,1-5H3/b8-6+,10-9+,15-7+,16-12+/t19-/m0/s1. The Morgan fingerprint density at radius 3 is 2.45 bits per heavy atom. The zero-order chi connectivity index (χ0) is 16.8. The predicted molar refractivity (Wildman–Crippen MR) is 93.6 cm³/mol. The number of rotatable bonds is 5. The molecule has 0 unspecified atom stereocenters. The molecule has 0 saturated carbocycles. The molecule has 1 N–H and O–H groups in total. The van der Waals surface area contributed by atoms with Gasteiger partial charge in [-0.2, -0.15) is 0 Å². The van der Waals surface area contributed by atoms with Gasteiger partial charge in [0.2, 0.25) is 0 Å². The lowest BCUT2D eigenvalue weighted by Crippen LogP contribution is -2.27. The van der Waals surface area contributed by atoms with E-state index in [-0.39, 0.29) is 11.5 Å². The highest BCUT2D eigenvalue weighted by Crippen LogP contribution is 2.40. The van der Waals surface area contributed by atoms with Crippen LogP contribution in [0, 0.1) is 5.41 Å². The summed E-state index contributed by atoms with van der Waals surface area (Å²) >= 11 is 0. The quantitative estimate of drug-likeness (QED) is 0.454. The minimum atomic E-state index is -0.312. The molecule has 2 nitrogen and oxygen atoms in total. The molecule has 0 aliphatic heterocycles. The summed E-state index contributed by atoms with van der Waals surface area (Å²) in [6, 6.07) is 0. The predicted octanol–water partition coefficient (Wildman–Crippen LogP) is 4.69. The summed E-state index contributed by atoms with van der Waals surface area (Å²) in [5, 5.41) is 10.0. The Labute approximate surface area is 134 Å². The monoisotopic (exact) mass is 300 g/mol. The molecule has 0 saturated heterocycles. The zero-order valence-electron chi connectivity index (χ0n) is 14.4. The van der Waals surface area contributed by atoms with Gasteiger partial charge >= 0.3 is 0 Å². The number of hydrogen-bond donors (Lipinski definition) is 1. The van der Waals surface area contributed by atoms with Crippen LogP contribution in [0.3, 0.4) is 0 Å². The molecule has 1 aliphatic rings. The Hall–Kier alpha value is -1.67. The van der Waals surface area contributed by atoms with Crippen molar-refractivity contribution in [1.82, 2.24) is 0 Å². The minimum absolute atomic E-state index is 0.110. The highest BCUT2D eigenvalue weighted by molar-refractivity contribution is 5.66. The van der Waals surface area contributed by atoms with Crippen LogP contribution in [0.4, 0.5) is 0 Å². The molecule has 0 spiro atoms. The van der Waals surface area contributed by atoms with E-state index in [1.54, 1.807) is 0 Å². The van der Waals surface area contributed by atoms with Crippen LogP contribution < -0.4 is 0 Å². The number of aldehydes is 1. The summed E-state index contributed by atoms with van der Waals surface area (Å²) < 4.78 is 0. The largest absolute Gasteiger partial charge is 0.389 e. The second-order valence-electron chi connectivity index (χ2n) is 6.68. The summed E-state index contributed by atoms with van der Waals surface area (Å²) in [5.41, 5.74) is 4.49. The maximum Gasteiger partial charge on any atom is 0.143 e. The molecule has 0 bridgehead atoms. The van der Waals surface area contributed by atoms with E-state index >= 15 is 0 Å². The van der Waals surface area contributed by atoms with Gasteiger partial charge in [-0.15, -0.1) is 0 Å². The smallest absolute Gasteiger partial charge is 0.143 e. The fourth-order valence-corrected chi connectivity index (χ4v) is 2.70. The first-order valence-corrected chi connectivity index (χ1v) is 7.82. The lowest BCUT2D eigenvalue weighted by atomic mass is 9.71. The molecule has 1 atom stereocenters. The van der Waals surface area contributed by atoms with Gasteiger partial charge < -0.3 is 5.11 Å². The van der Waals surface area contributed by atoms with E-state index in [2.05, 4.69) is 26.0 Å². The van der Waals surface area contributed by atoms with Crippen molar-refractivity contribution in [2.24, 2.45) is 5.41 Å². The van der Waals surface area contributed by atoms with Crippen molar-refractivity contribution in [3.05, 3.63) is 58.7 Å². The van der Waals surface area contributed by atoms with Crippen LogP contribution in [-0.2, 0) is 4.79 Å². The Morgan fingerprint density at radius 2 is 1.82 bits per heavy atom. The number of aliphatic hydroxyl groups excluding tert-OH is 1. The molecular formula is C20H28O2. The number of aliphatic hydroxyl groups is 1. The minimum Gasteiger partial charge on any atom is -0.389 e. The van der Waals surface area contributed by atoms with Crippen molar-refractivity contribution in [1.29, 1.82) is 0 Å². The molecule has 22 heavy (non-hydrogen) atoms. The van der Waals surface area contributed by atoms with Crippen molar-refractivity contribution in [3.63, 3.8) is 0 Å². The molecule has 0 aromatic carbocycles. The van der Waals surface area contributed by atoms with Gasteiger partial charge in [-0.05, 0) is 61.8 Å². The Morgan fingerprint density at radius 1 is 1.18 bits per heavy atom. The van der Waals surface area contributed by atoms with Crippen molar-refractivity contribution >= 4 is 6.29 Å². The highest BCUT2D eigenvalue weighted by Gasteiger charge is 2.30. The Kier molecular flexibility index (Phi) is 6.76. The summed E-state index contributed by atoms with van der Waals surface area (Å²) in [7, 11) is 0. The topological polar surface area (TPSA) is 37.3 Å².